The quantitative estimate of drug-likeness (QED) is 0.647. The van der Waals surface area contributed by atoms with Gasteiger partial charge in [-0.25, -0.2) is 0 Å². The van der Waals surface area contributed by atoms with E-state index in [4.69, 9.17) is 4.74 Å². The van der Waals surface area contributed by atoms with Crippen LogP contribution in [0.3, 0.4) is 0 Å². The van der Waals surface area contributed by atoms with E-state index >= 15 is 0 Å². The zero-order valence-corrected chi connectivity index (χ0v) is 17.3. The van der Waals surface area contributed by atoms with Crippen LogP contribution in [0.1, 0.15) is 72.6 Å². The van der Waals surface area contributed by atoms with Gasteiger partial charge in [0.05, 0.1) is 0 Å². The standard InChI is InChI=1S/C24H34O3/c1-5-20(26)27-22-16-12-15(16)21-17-10-13(2)19-11-14(25)6-8-23(19,3)18(17)7-9-24(21,22)4/h11,13,15-18,21-22H,5-10,12H2,1-4H3/t13-,15+,16?,17?,18?,21?,22?,23?,24?/m0/s1. The largest absolute Gasteiger partial charge is 0.461 e. The van der Waals surface area contributed by atoms with Gasteiger partial charge in [0.2, 0.25) is 0 Å². The lowest BCUT2D eigenvalue weighted by Gasteiger charge is -2.60. The molecule has 148 valence electrons. The number of esters is 1. The van der Waals surface area contributed by atoms with Crippen LogP contribution in [-0.2, 0) is 14.3 Å². The van der Waals surface area contributed by atoms with Gasteiger partial charge in [-0.05, 0) is 79.1 Å². The molecule has 0 aliphatic heterocycles. The summed E-state index contributed by atoms with van der Waals surface area (Å²) in [5, 5.41) is 0. The van der Waals surface area contributed by atoms with Gasteiger partial charge >= 0.3 is 5.97 Å². The van der Waals surface area contributed by atoms with Gasteiger partial charge in [-0.3, -0.25) is 9.59 Å². The summed E-state index contributed by atoms with van der Waals surface area (Å²) < 4.78 is 6.04. The van der Waals surface area contributed by atoms with Crippen LogP contribution in [0.2, 0.25) is 0 Å². The molecule has 0 saturated heterocycles. The Morgan fingerprint density at radius 3 is 2.70 bits per heavy atom. The Morgan fingerprint density at radius 2 is 1.96 bits per heavy atom. The second-order valence-corrected chi connectivity index (χ2v) is 10.8. The highest BCUT2D eigenvalue weighted by atomic mass is 16.5. The van der Waals surface area contributed by atoms with E-state index in [0.717, 1.165) is 24.7 Å². The summed E-state index contributed by atoms with van der Waals surface area (Å²) in [5.41, 5.74) is 1.82. The average molecular weight is 371 g/mol. The van der Waals surface area contributed by atoms with Crippen molar-refractivity contribution in [2.75, 3.05) is 0 Å². The second-order valence-electron chi connectivity index (χ2n) is 10.8. The Bertz CT molecular complexity index is 723. The van der Waals surface area contributed by atoms with Crippen LogP contribution in [0.25, 0.3) is 0 Å². The third-order valence-corrected chi connectivity index (χ3v) is 9.51. The van der Waals surface area contributed by atoms with E-state index in [-0.39, 0.29) is 22.9 Å². The van der Waals surface area contributed by atoms with E-state index in [2.05, 4.69) is 20.8 Å². The normalized spacial score (nSPS) is 52.8. The van der Waals surface area contributed by atoms with Crippen LogP contribution in [0.15, 0.2) is 11.6 Å². The van der Waals surface area contributed by atoms with Crippen LogP contribution >= 0.6 is 0 Å². The van der Waals surface area contributed by atoms with Gasteiger partial charge in [-0.15, -0.1) is 0 Å². The van der Waals surface area contributed by atoms with Crippen molar-refractivity contribution in [2.45, 2.75) is 78.7 Å². The monoisotopic (exact) mass is 370 g/mol. The van der Waals surface area contributed by atoms with Gasteiger partial charge in [0.1, 0.15) is 6.10 Å². The van der Waals surface area contributed by atoms with Crippen LogP contribution in [0.5, 0.6) is 0 Å². The molecule has 3 heteroatoms. The first-order chi connectivity index (χ1) is 12.8. The summed E-state index contributed by atoms with van der Waals surface area (Å²) in [6.45, 7) is 9.13. The molecule has 7 unspecified atom stereocenters. The number of carbonyl (C=O) groups excluding carboxylic acids is 2. The summed E-state index contributed by atoms with van der Waals surface area (Å²) >= 11 is 0. The van der Waals surface area contributed by atoms with E-state index in [1.807, 2.05) is 13.0 Å². The zero-order valence-electron chi connectivity index (χ0n) is 17.3. The van der Waals surface area contributed by atoms with Crippen LogP contribution < -0.4 is 0 Å². The van der Waals surface area contributed by atoms with Gasteiger partial charge in [-0.2, -0.15) is 0 Å². The number of allylic oxidation sites excluding steroid dienone is 1. The molecule has 0 heterocycles. The molecular weight excluding hydrogens is 336 g/mol. The second kappa shape index (κ2) is 5.70. The van der Waals surface area contributed by atoms with Crippen molar-refractivity contribution in [3.8, 4) is 0 Å². The lowest BCUT2D eigenvalue weighted by Crippen LogP contribution is -2.54. The molecule has 5 rings (SSSR count). The molecule has 0 aromatic carbocycles. The van der Waals surface area contributed by atoms with Gasteiger partial charge in [0.15, 0.2) is 5.78 Å². The highest BCUT2D eigenvalue weighted by Gasteiger charge is 2.71. The molecule has 5 aliphatic rings. The minimum Gasteiger partial charge on any atom is -0.461 e. The van der Waals surface area contributed by atoms with Gasteiger partial charge in [-0.1, -0.05) is 33.3 Å². The van der Waals surface area contributed by atoms with Crippen LogP contribution in [-0.4, -0.2) is 17.9 Å². The topological polar surface area (TPSA) is 43.4 Å². The molecular formula is C24H34O3. The minimum atomic E-state index is -0.0189. The number of carbonyl (C=O) groups is 2. The van der Waals surface area contributed by atoms with E-state index in [0.29, 0.717) is 35.9 Å². The number of rotatable bonds is 2. The Hall–Kier alpha value is -1.12. The van der Waals surface area contributed by atoms with Crippen molar-refractivity contribution in [1.82, 2.24) is 0 Å². The molecule has 9 atom stereocenters. The highest BCUT2D eigenvalue weighted by Crippen LogP contribution is 2.74. The first-order valence-corrected chi connectivity index (χ1v) is 11.2. The average Bonchev–Trinajstić information content (AvgIpc) is 3.35. The number of hydrogen-bond donors (Lipinski definition) is 0. The van der Waals surface area contributed by atoms with Crippen molar-refractivity contribution >= 4 is 11.8 Å². The van der Waals surface area contributed by atoms with Gasteiger partial charge in [0.25, 0.3) is 0 Å². The molecule has 0 aromatic heterocycles. The third-order valence-electron chi connectivity index (χ3n) is 9.51. The summed E-state index contributed by atoms with van der Waals surface area (Å²) in [7, 11) is 0. The Labute approximate surface area is 163 Å². The van der Waals surface area contributed by atoms with Crippen molar-refractivity contribution in [2.24, 2.45) is 46.3 Å². The van der Waals surface area contributed by atoms with Crippen molar-refractivity contribution in [3.05, 3.63) is 11.6 Å². The summed E-state index contributed by atoms with van der Waals surface area (Å²) in [6.07, 6.45) is 9.29. The number of ether oxygens (including phenoxy) is 1. The molecule has 5 aliphatic carbocycles. The van der Waals surface area contributed by atoms with E-state index in [9.17, 15) is 9.59 Å². The lowest BCUT2D eigenvalue weighted by atomic mass is 9.45. The molecule has 3 nitrogen and oxygen atoms in total. The van der Waals surface area contributed by atoms with Crippen molar-refractivity contribution in [1.29, 1.82) is 0 Å². The van der Waals surface area contributed by atoms with E-state index in [1.165, 1.54) is 31.3 Å². The smallest absolute Gasteiger partial charge is 0.305 e. The Morgan fingerprint density at radius 1 is 1.19 bits per heavy atom. The van der Waals surface area contributed by atoms with Crippen molar-refractivity contribution < 1.29 is 14.3 Å². The fraction of sp³-hybridized carbons (Fsp3) is 0.833. The number of ketones is 1. The fourth-order valence-electron chi connectivity index (χ4n) is 8.34. The van der Waals surface area contributed by atoms with Crippen LogP contribution in [0.4, 0.5) is 0 Å². The maximum atomic E-state index is 12.1. The zero-order chi connectivity index (χ0) is 19.1. The van der Waals surface area contributed by atoms with Gasteiger partial charge in [0, 0.05) is 18.3 Å². The van der Waals surface area contributed by atoms with Gasteiger partial charge < -0.3 is 4.74 Å². The molecule has 0 radical (unpaired) electrons. The molecule has 0 spiro atoms. The molecule has 0 aromatic rings. The molecule has 27 heavy (non-hydrogen) atoms. The molecule has 0 bridgehead atoms. The first kappa shape index (κ1) is 17.9. The Kier molecular flexibility index (Phi) is 3.79. The number of hydrogen-bond acceptors (Lipinski definition) is 3. The fourth-order valence-corrected chi connectivity index (χ4v) is 8.34. The Balaban J connectivity index is 1.49. The first-order valence-electron chi connectivity index (χ1n) is 11.2. The molecule has 0 N–H and O–H groups in total. The van der Waals surface area contributed by atoms with E-state index in [1.54, 1.807) is 0 Å². The molecule has 4 saturated carbocycles. The molecule has 4 fully saturated rings. The highest BCUT2D eigenvalue weighted by molar-refractivity contribution is 5.91. The van der Waals surface area contributed by atoms with E-state index < -0.39 is 0 Å². The summed E-state index contributed by atoms with van der Waals surface area (Å²) in [6, 6.07) is 0. The lowest BCUT2D eigenvalue weighted by molar-refractivity contribution is -0.164. The summed E-state index contributed by atoms with van der Waals surface area (Å²) in [5.74, 6) is 4.35. The predicted octanol–water partition coefficient (Wildman–Crippen LogP) is 4.94. The number of fused-ring (bicyclic) bond motifs is 7. The van der Waals surface area contributed by atoms with Crippen LogP contribution in [0, 0.1) is 46.3 Å². The summed E-state index contributed by atoms with van der Waals surface area (Å²) in [4.78, 5) is 24.2. The molecule has 0 amide bonds. The van der Waals surface area contributed by atoms with Crippen molar-refractivity contribution in [3.63, 3.8) is 0 Å². The maximum absolute atomic E-state index is 12.1. The third kappa shape index (κ3) is 2.32. The maximum Gasteiger partial charge on any atom is 0.305 e. The predicted molar refractivity (Wildman–Crippen MR) is 104 cm³/mol. The minimum absolute atomic E-state index is 0.0189. The SMILES string of the molecule is CCC(=O)OC1C2C[C@H]2C2C3C[C@H](C)C4=CC(=O)CCC4(C)C3CCC12C.